The van der Waals surface area contributed by atoms with Gasteiger partial charge in [0.25, 0.3) is 5.91 Å². The van der Waals surface area contributed by atoms with E-state index >= 15 is 0 Å². The van der Waals surface area contributed by atoms with Crippen molar-refractivity contribution in [2.45, 2.75) is 0 Å². The number of methoxy groups -OCH3 is 2. The number of hydrogen-bond donors (Lipinski definition) is 1. The van der Waals surface area contributed by atoms with Gasteiger partial charge in [0.15, 0.2) is 11.5 Å². The number of amides is 1. The highest BCUT2D eigenvalue weighted by atomic mass is 16.5. The van der Waals surface area contributed by atoms with Crippen LogP contribution in [0, 0.1) is 0 Å². The van der Waals surface area contributed by atoms with Crippen LogP contribution in [0.15, 0.2) is 60.9 Å². The topological polar surface area (TPSA) is 79.8 Å². The molecule has 8 nitrogen and oxygen atoms in total. The first-order valence-corrected chi connectivity index (χ1v) is 10.1. The normalized spacial score (nSPS) is 13.6. The van der Waals surface area contributed by atoms with Crippen LogP contribution in [0.25, 0.3) is 0 Å². The highest BCUT2D eigenvalue weighted by molar-refractivity contribution is 6.06. The van der Waals surface area contributed by atoms with Crippen molar-refractivity contribution in [2.75, 3.05) is 55.5 Å². The summed E-state index contributed by atoms with van der Waals surface area (Å²) >= 11 is 0. The van der Waals surface area contributed by atoms with Crippen LogP contribution in [-0.4, -0.2) is 56.3 Å². The molecule has 1 N–H and O–H groups in total. The number of carbonyl (C=O) groups excluding carboxylic acids is 1. The second kappa shape index (κ2) is 9.34. The summed E-state index contributed by atoms with van der Waals surface area (Å²) in [6.45, 7) is 3.47. The minimum Gasteiger partial charge on any atom is -0.493 e. The molecule has 0 spiro atoms. The maximum absolute atomic E-state index is 12.8. The van der Waals surface area contributed by atoms with Crippen LogP contribution in [0.4, 0.5) is 17.3 Å². The van der Waals surface area contributed by atoms with Crippen LogP contribution >= 0.6 is 0 Å². The number of anilines is 3. The van der Waals surface area contributed by atoms with Crippen LogP contribution < -0.4 is 24.6 Å². The summed E-state index contributed by atoms with van der Waals surface area (Å²) in [5.41, 5.74) is 1.60. The predicted octanol–water partition coefficient (Wildman–Crippen LogP) is 3.07. The number of benzene rings is 2. The van der Waals surface area contributed by atoms with Gasteiger partial charge >= 0.3 is 0 Å². The predicted molar refractivity (Wildman–Crippen MR) is 120 cm³/mol. The van der Waals surface area contributed by atoms with Crippen LogP contribution in [0.3, 0.4) is 0 Å². The lowest BCUT2D eigenvalue weighted by atomic mass is 10.1. The zero-order chi connectivity index (χ0) is 21.6. The molecule has 1 aliphatic heterocycles. The molecule has 0 unspecified atom stereocenters. The monoisotopic (exact) mass is 419 g/mol. The van der Waals surface area contributed by atoms with E-state index in [0.29, 0.717) is 22.9 Å². The van der Waals surface area contributed by atoms with Gasteiger partial charge in [0, 0.05) is 37.9 Å². The Balaban J connectivity index is 1.44. The average Bonchev–Trinajstić information content (AvgIpc) is 2.84. The number of ether oxygens (including phenoxy) is 2. The van der Waals surface area contributed by atoms with E-state index < -0.39 is 0 Å². The number of aromatic nitrogens is 2. The van der Waals surface area contributed by atoms with E-state index in [1.165, 1.54) is 26.2 Å². The molecule has 3 aromatic rings. The molecule has 0 saturated carbocycles. The quantitative estimate of drug-likeness (QED) is 0.658. The molecule has 1 fully saturated rings. The summed E-state index contributed by atoms with van der Waals surface area (Å²) in [4.78, 5) is 26.0. The van der Waals surface area contributed by atoms with E-state index in [4.69, 9.17) is 9.47 Å². The molecule has 2 aromatic carbocycles. The van der Waals surface area contributed by atoms with Crippen molar-refractivity contribution in [1.29, 1.82) is 0 Å². The smallest absolute Gasteiger partial charge is 0.260 e. The maximum atomic E-state index is 12.8. The molecule has 31 heavy (non-hydrogen) atoms. The number of hydrogen-bond acceptors (Lipinski definition) is 7. The van der Waals surface area contributed by atoms with Crippen molar-refractivity contribution in [3.63, 3.8) is 0 Å². The van der Waals surface area contributed by atoms with Gasteiger partial charge in [-0.15, -0.1) is 0 Å². The zero-order valence-electron chi connectivity index (χ0n) is 17.6. The minimum atomic E-state index is -0.325. The molecule has 0 atom stereocenters. The van der Waals surface area contributed by atoms with Gasteiger partial charge in [0.1, 0.15) is 18.0 Å². The second-order valence-corrected chi connectivity index (χ2v) is 7.07. The Bertz CT molecular complexity index is 1040. The Morgan fingerprint density at radius 1 is 0.903 bits per heavy atom. The molecule has 1 aliphatic rings. The number of piperazine rings is 1. The van der Waals surface area contributed by atoms with E-state index in [2.05, 4.69) is 49.4 Å². The van der Waals surface area contributed by atoms with Crippen molar-refractivity contribution in [3.05, 3.63) is 66.5 Å². The Labute approximate surface area is 181 Å². The van der Waals surface area contributed by atoms with Crippen molar-refractivity contribution in [1.82, 2.24) is 9.97 Å². The fourth-order valence-corrected chi connectivity index (χ4v) is 3.67. The summed E-state index contributed by atoms with van der Waals surface area (Å²) in [5.74, 6) is 1.78. The molecule has 1 aromatic heterocycles. The summed E-state index contributed by atoms with van der Waals surface area (Å²) in [6, 6.07) is 17.3. The van der Waals surface area contributed by atoms with Gasteiger partial charge in [-0.25, -0.2) is 9.97 Å². The van der Waals surface area contributed by atoms with E-state index in [-0.39, 0.29) is 5.91 Å². The average molecular weight is 419 g/mol. The zero-order valence-corrected chi connectivity index (χ0v) is 17.6. The second-order valence-electron chi connectivity index (χ2n) is 7.07. The van der Waals surface area contributed by atoms with Crippen LogP contribution in [0.1, 0.15) is 10.4 Å². The number of rotatable bonds is 6. The Morgan fingerprint density at radius 2 is 1.65 bits per heavy atom. The lowest BCUT2D eigenvalue weighted by Crippen LogP contribution is -2.46. The van der Waals surface area contributed by atoms with Gasteiger partial charge in [0.2, 0.25) is 0 Å². The molecular formula is C23H25N5O3. The molecular weight excluding hydrogens is 394 g/mol. The fourth-order valence-electron chi connectivity index (χ4n) is 3.67. The Hall–Kier alpha value is -3.81. The van der Waals surface area contributed by atoms with E-state index in [9.17, 15) is 4.79 Å². The molecule has 1 amide bonds. The summed E-state index contributed by atoms with van der Waals surface area (Å²) < 4.78 is 10.6. The minimum absolute atomic E-state index is 0.325. The third-order valence-electron chi connectivity index (χ3n) is 5.27. The number of nitrogens with one attached hydrogen (secondary N) is 1. The molecule has 0 bridgehead atoms. The van der Waals surface area contributed by atoms with Gasteiger partial charge in [-0.2, -0.15) is 0 Å². The van der Waals surface area contributed by atoms with E-state index in [0.717, 1.165) is 32.0 Å². The SMILES string of the molecule is COc1cccc(C(=O)Nc2cc(N3CCN(c4ccccc4)CC3)ncn2)c1OC. The highest BCUT2D eigenvalue weighted by Gasteiger charge is 2.20. The van der Waals surface area contributed by atoms with Crippen molar-refractivity contribution in [3.8, 4) is 11.5 Å². The van der Waals surface area contributed by atoms with Crippen molar-refractivity contribution >= 4 is 23.2 Å². The lowest BCUT2D eigenvalue weighted by Gasteiger charge is -2.36. The van der Waals surface area contributed by atoms with Crippen LogP contribution in [-0.2, 0) is 0 Å². The molecule has 0 aliphatic carbocycles. The van der Waals surface area contributed by atoms with Crippen molar-refractivity contribution < 1.29 is 14.3 Å². The van der Waals surface area contributed by atoms with E-state index in [1.54, 1.807) is 24.3 Å². The summed E-state index contributed by atoms with van der Waals surface area (Å²) in [5, 5.41) is 2.84. The largest absolute Gasteiger partial charge is 0.493 e. The summed E-state index contributed by atoms with van der Waals surface area (Å²) in [6.07, 6.45) is 1.47. The molecule has 2 heterocycles. The molecule has 8 heteroatoms. The van der Waals surface area contributed by atoms with Crippen LogP contribution in [0.5, 0.6) is 11.5 Å². The molecule has 0 radical (unpaired) electrons. The van der Waals surface area contributed by atoms with Crippen LogP contribution in [0.2, 0.25) is 0 Å². The fraction of sp³-hybridized carbons (Fsp3) is 0.261. The number of para-hydroxylation sites is 2. The van der Waals surface area contributed by atoms with Gasteiger partial charge in [0.05, 0.1) is 19.8 Å². The van der Waals surface area contributed by atoms with Gasteiger partial charge < -0.3 is 24.6 Å². The van der Waals surface area contributed by atoms with Crippen molar-refractivity contribution in [2.24, 2.45) is 0 Å². The third-order valence-corrected chi connectivity index (χ3v) is 5.27. The standard InChI is InChI=1S/C23H25N5O3/c1-30-19-10-6-9-18(22(19)31-2)23(29)26-20-15-21(25-16-24-20)28-13-11-27(12-14-28)17-7-4-3-5-8-17/h3-10,15-16H,11-14H2,1-2H3,(H,24,25,26,29). The number of carbonyl (C=O) groups is 1. The van der Waals surface area contributed by atoms with Gasteiger partial charge in [-0.05, 0) is 24.3 Å². The molecule has 160 valence electrons. The Kier molecular flexibility index (Phi) is 6.16. The lowest BCUT2D eigenvalue weighted by molar-refractivity contribution is 0.102. The molecule has 4 rings (SSSR count). The molecule has 1 saturated heterocycles. The third kappa shape index (κ3) is 4.53. The first kappa shape index (κ1) is 20.5. The summed E-state index contributed by atoms with van der Waals surface area (Å²) in [7, 11) is 3.04. The highest BCUT2D eigenvalue weighted by Crippen LogP contribution is 2.31. The maximum Gasteiger partial charge on any atom is 0.260 e. The Morgan fingerprint density at radius 3 is 2.35 bits per heavy atom. The van der Waals surface area contributed by atoms with Gasteiger partial charge in [-0.1, -0.05) is 24.3 Å². The first-order valence-electron chi connectivity index (χ1n) is 10.1. The number of nitrogens with zero attached hydrogens (tertiary/aromatic N) is 4. The van der Waals surface area contributed by atoms with Gasteiger partial charge in [-0.3, -0.25) is 4.79 Å². The first-order chi connectivity index (χ1) is 15.2. The van der Waals surface area contributed by atoms with E-state index in [1.807, 2.05) is 6.07 Å².